The van der Waals surface area contributed by atoms with Gasteiger partial charge in [-0.2, -0.15) is 0 Å². The highest BCUT2D eigenvalue weighted by Gasteiger charge is 2.51. The Balaban J connectivity index is 2.11. The van der Waals surface area contributed by atoms with Crippen LogP contribution < -0.4 is 28.4 Å². The minimum Gasteiger partial charge on any atom is -0.493 e. The van der Waals surface area contributed by atoms with Gasteiger partial charge in [-0.05, 0) is 74.9 Å². The third-order valence-corrected chi connectivity index (χ3v) is 8.63. The third kappa shape index (κ3) is 5.50. The lowest BCUT2D eigenvalue weighted by atomic mass is 9.66. The molecule has 0 radical (unpaired) electrons. The minimum absolute atomic E-state index is 0.454. The molecule has 0 heterocycles. The highest BCUT2D eigenvalue weighted by atomic mass is 16.5. The van der Waals surface area contributed by atoms with Gasteiger partial charge in [0.2, 0.25) is 0 Å². The number of rotatable bonds is 16. The number of fused-ring (bicyclic) bond motifs is 3. The van der Waals surface area contributed by atoms with Crippen molar-refractivity contribution in [2.24, 2.45) is 0 Å². The van der Waals surface area contributed by atoms with Crippen LogP contribution in [0.15, 0.2) is 86.3 Å². The Bertz CT molecular complexity index is 1620. The maximum atomic E-state index is 6.68. The first-order chi connectivity index (χ1) is 23.0. The third-order valence-electron chi connectivity index (χ3n) is 8.63. The van der Waals surface area contributed by atoms with Gasteiger partial charge >= 0.3 is 0 Å². The summed E-state index contributed by atoms with van der Waals surface area (Å²) in [4.78, 5) is 0. The van der Waals surface area contributed by atoms with E-state index in [1.165, 1.54) is 12.5 Å². The van der Waals surface area contributed by atoms with Gasteiger partial charge in [0, 0.05) is 22.3 Å². The standard InChI is InChI=1S/C41H46O6/c1-9-27-37(44-13-5)33(25-35(42-11-3)39(27)46-15-7)41(31-23-19-17-21-29(31)30-22-18-20-24-32(30)41)34-26-36(43-12-4)40(47-16-8)28(10-2)38(34)45-14-6/h15-26H,7-14H2,1-6H3. The van der Waals surface area contributed by atoms with Crippen molar-refractivity contribution >= 4 is 0 Å². The van der Waals surface area contributed by atoms with Crippen molar-refractivity contribution in [3.63, 3.8) is 0 Å². The lowest BCUT2D eigenvalue weighted by molar-refractivity contribution is 0.301. The number of ether oxygens (including phenoxy) is 6. The molecular formula is C41H46O6. The van der Waals surface area contributed by atoms with Crippen LogP contribution in [-0.4, -0.2) is 26.4 Å². The van der Waals surface area contributed by atoms with Crippen molar-refractivity contribution in [1.82, 2.24) is 0 Å². The van der Waals surface area contributed by atoms with Gasteiger partial charge in [0.15, 0.2) is 23.0 Å². The van der Waals surface area contributed by atoms with E-state index in [0.717, 1.165) is 56.0 Å². The fraction of sp³-hybridized carbons (Fsp3) is 0.317. The second kappa shape index (κ2) is 14.7. The molecule has 47 heavy (non-hydrogen) atoms. The van der Waals surface area contributed by atoms with Gasteiger partial charge in [-0.25, -0.2) is 0 Å². The topological polar surface area (TPSA) is 55.4 Å². The molecule has 0 amide bonds. The summed E-state index contributed by atoms with van der Waals surface area (Å²) in [5, 5.41) is 0. The molecule has 6 nitrogen and oxygen atoms in total. The molecule has 6 heteroatoms. The monoisotopic (exact) mass is 634 g/mol. The van der Waals surface area contributed by atoms with Gasteiger partial charge in [-0.1, -0.05) is 75.5 Å². The van der Waals surface area contributed by atoms with Crippen molar-refractivity contribution in [3.8, 4) is 45.6 Å². The van der Waals surface area contributed by atoms with Crippen molar-refractivity contribution in [3.05, 3.63) is 120 Å². The molecule has 0 spiro atoms. The molecule has 0 saturated heterocycles. The fourth-order valence-corrected chi connectivity index (χ4v) is 7.08. The van der Waals surface area contributed by atoms with Crippen LogP contribution in [0.1, 0.15) is 74.9 Å². The molecule has 0 fully saturated rings. The molecule has 4 aromatic carbocycles. The summed E-state index contributed by atoms with van der Waals surface area (Å²) in [7, 11) is 0. The summed E-state index contributed by atoms with van der Waals surface area (Å²) < 4.78 is 38.2. The normalized spacial score (nSPS) is 12.5. The summed E-state index contributed by atoms with van der Waals surface area (Å²) in [5.74, 6) is 3.94. The molecule has 0 bridgehead atoms. The van der Waals surface area contributed by atoms with Crippen LogP contribution in [0, 0.1) is 0 Å². The average molecular weight is 635 g/mol. The largest absolute Gasteiger partial charge is 0.493 e. The number of benzene rings is 4. The van der Waals surface area contributed by atoms with E-state index < -0.39 is 5.41 Å². The summed E-state index contributed by atoms with van der Waals surface area (Å²) in [6, 6.07) is 21.3. The molecule has 246 valence electrons. The van der Waals surface area contributed by atoms with E-state index in [1.807, 2.05) is 27.7 Å². The van der Waals surface area contributed by atoms with Gasteiger partial charge in [-0.3, -0.25) is 0 Å². The SMILES string of the molecule is C=COc1c(OCC)cc(C2(c3cc(OCC)c(OC=C)c(CC)c3OCC)c3ccccc3-c3ccccc32)c(OCC)c1CC. The summed E-state index contributed by atoms with van der Waals surface area (Å²) in [6.45, 7) is 21.7. The molecule has 0 N–H and O–H groups in total. The Labute approximate surface area is 279 Å². The Kier molecular flexibility index (Phi) is 10.5. The summed E-state index contributed by atoms with van der Waals surface area (Å²) in [5.41, 5.74) is 7.23. The smallest absolute Gasteiger partial charge is 0.175 e. The zero-order valence-corrected chi connectivity index (χ0v) is 28.5. The lowest BCUT2D eigenvalue weighted by Gasteiger charge is -2.38. The van der Waals surface area contributed by atoms with E-state index >= 15 is 0 Å². The highest BCUT2D eigenvalue weighted by molar-refractivity contribution is 5.89. The predicted octanol–water partition coefficient (Wildman–Crippen LogP) is 9.81. The van der Waals surface area contributed by atoms with Crippen molar-refractivity contribution in [1.29, 1.82) is 0 Å². The van der Waals surface area contributed by atoms with E-state index in [2.05, 4.69) is 87.7 Å². The van der Waals surface area contributed by atoms with Crippen LogP contribution in [0.4, 0.5) is 0 Å². The van der Waals surface area contributed by atoms with Crippen molar-refractivity contribution in [2.45, 2.75) is 59.8 Å². The fourth-order valence-electron chi connectivity index (χ4n) is 7.08. The first-order valence-corrected chi connectivity index (χ1v) is 16.7. The first kappa shape index (κ1) is 33.5. The molecule has 5 rings (SSSR count). The molecule has 0 aliphatic heterocycles. The van der Waals surface area contributed by atoms with E-state index in [9.17, 15) is 0 Å². The molecule has 0 unspecified atom stereocenters. The van der Waals surface area contributed by atoms with E-state index in [-0.39, 0.29) is 0 Å². The van der Waals surface area contributed by atoms with Crippen LogP contribution in [0.5, 0.6) is 34.5 Å². The van der Waals surface area contributed by atoms with E-state index in [1.54, 1.807) is 0 Å². The molecule has 1 aliphatic carbocycles. The maximum Gasteiger partial charge on any atom is 0.175 e. The highest BCUT2D eigenvalue weighted by Crippen LogP contribution is 2.63. The molecule has 1 aliphatic rings. The molecular weight excluding hydrogens is 588 g/mol. The first-order valence-electron chi connectivity index (χ1n) is 16.7. The van der Waals surface area contributed by atoms with Gasteiger partial charge in [0.25, 0.3) is 0 Å². The zero-order chi connectivity index (χ0) is 33.6. The number of hydrogen-bond acceptors (Lipinski definition) is 6. The van der Waals surface area contributed by atoms with Gasteiger partial charge in [0.1, 0.15) is 11.5 Å². The van der Waals surface area contributed by atoms with Crippen LogP contribution in [0.3, 0.4) is 0 Å². The van der Waals surface area contributed by atoms with Crippen LogP contribution in [0.25, 0.3) is 11.1 Å². The molecule has 4 aromatic rings. The molecule has 0 aromatic heterocycles. The summed E-state index contributed by atoms with van der Waals surface area (Å²) >= 11 is 0. The van der Waals surface area contributed by atoms with Crippen molar-refractivity contribution < 1.29 is 28.4 Å². The van der Waals surface area contributed by atoms with Gasteiger partial charge in [-0.15, -0.1) is 0 Å². The quantitative estimate of drug-likeness (QED) is 0.101. The Morgan fingerprint density at radius 1 is 0.511 bits per heavy atom. The second-order valence-corrected chi connectivity index (χ2v) is 11.0. The lowest BCUT2D eigenvalue weighted by Crippen LogP contribution is -2.31. The van der Waals surface area contributed by atoms with Crippen LogP contribution >= 0.6 is 0 Å². The van der Waals surface area contributed by atoms with Crippen LogP contribution in [-0.2, 0) is 18.3 Å². The van der Waals surface area contributed by atoms with Crippen molar-refractivity contribution in [2.75, 3.05) is 26.4 Å². The zero-order valence-electron chi connectivity index (χ0n) is 28.5. The van der Waals surface area contributed by atoms with Crippen LogP contribution in [0.2, 0.25) is 0 Å². The van der Waals surface area contributed by atoms with Gasteiger partial charge in [0.05, 0.1) is 44.4 Å². The van der Waals surface area contributed by atoms with E-state index in [0.29, 0.717) is 62.3 Å². The molecule has 0 atom stereocenters. The average Bonchev–Trinajstić information content (AvgIpc) is 3.38. The minimum atomic E-state index is -0.910. The Morgan fingerprint density at radius 3 is 1.23 bits per heavy atom. The second-order valence-electron chi connectivity index (χ2n) is 11.0. The summed E-state index contributed by atoms with van der Waals surface area (Å²) in [6.07, 6.45) is 4.16. The van der Waals surface area contributed by atoms with Gasteiger partial charge < -0.3 is 28.4 Å². The predicted molar refractivity (Wildman–Crippen MR) is 189 cm³/mol. The Hall–Kier alpha value is -4.84. The number of hydrogen-bond donors (Lipinski definition) is 0. The maximum absolute atomic E-state index is 6.68. The van der Waals surface area contributed by atoms with E-state index in [4.69, 9.17) is 28.4 Å². The Morgan fingerprint density at radius 2 is 0.894 bits per heavy atom. The molecule has 0 saturated carbocycles.